The van der Waals surface area contributed by atoms with Gasteiger partial charge in [-0.1, -0.05) is 25.1 Å². The zero-order valence-electron chi connectivity index (χ0n) is 11.4. The standard InChI is InChI=1S/C13H22N2O2S/c1-5-13(2,3)15-18(16,17)12-9-7-6-8-11(12)10-14-4/h6-9,14-15H,5,10H2,1-4H3. The van der Waals surface area contributed by atoms with Crippen molar-refractivity contribution < 1.29 is 8.42 Å². The molecule has 2 N–H and O–H groups in total. The van der Waals surface area contributed by atoms with Crippen molar-refractivity contribution in [3.63, 3.8) is 0 Å². The van der Waals surface area contributed by atoms with E-state index in [2.05, 4.69) is 10.0 Å². The van der Waals surface area contributed by atoms with Gasteiger partial charge in [0.25, 0.3) is 0 Å². The lowest BCUT2D eigenvalue weighted by Crippen LogP contribution is -2.43. The third-order valence-corrected chi connectivity index (χ3v) is 4.72. The Balaban J connectivity index is 3.13. The zero-order chi connectivity index (χ0) is 13.8. The maximum atomic E-state index is 12.4. The quantitative estimate of drug-likeness (QED) is 0.829. The fourth-order valence-electron chi connectivity index (χ4n) is 1.59. The lowest BCUT2D eigenvalue weighted by atomic mass is 10.0. The minimum absolute atomic E-state index is 0.348. The van der Waals surface area contributed by atoms with Crippen LogP contribution in [0.3, 0.4) is 0 Å². The third kappa shape index (κ3) is 3.80. The van der Waals surface area contributed by atoms with E-state index in [1.165, 1.54) is 0 Å². The highest BCUT2D eigenvalue weighted by atomic mass is 32.2. The SMILES string of the molecule is CCC(C)(C)NS(=O)(=O)c1ccccc1CNC. The number of sulfonamides is 1. The zero-order valence-corrected chi connectivity index (χ0v) is 12.3. The van der Waals surface area contributed by atoms with Crippen LogP contribution in [0.25, 0.3) is 0 Å². The first-order valence-electron chi connectivity index (χ1n) is 6.09. The van der Waals surface area contributed by atoms with Gasteiger partial charge in [0, 0.05) is 12.1 Å². The molecule has 4 nitrogen and oxygen atoms in total. The second kappa shape index (κ2) is 5.82. The lowest BCUT2D eigenvalue weighted by Gasteiger charge is -2.24. The summed E-state index contributed by atoms with van der Waals surface area (Å²) in [6.45, 7) is 6.25. The van der Waals surface area contributed by atoms with Gasteiger partial charge in [-0.05, 0) is 38.9 Å². The molecule has 0 aromatic heterocycles. The van der Waals surface area contributed by atoms with Crippen LogP contribution < -0.4 is 10.0 Å². The molecule has 0 amide bonds. The fraction of sp³-hybridized carbons (Fsp3) is 0.538. The van der Waals surface area contributed by atoms with Crippen LogP contribution >= 0.6 is 0 Å². The summed E-state index contributed by atoms with van der Waals surface area (Å²) in [5, 5.41) is 2.98. The van der Waals surface area contributed by atoms with Gasteiger partial charge in [-0.25, -0.2) is 13.1 Å². The van der Waals surface area contributed by atoms with Crippen molar-refractivity contribution in [2.24, 2.45) is 0 Å². The van der Waals surface area contributed by atoms with Crippen molar-refractivity contribution in [2.75, 3.05) is 7.05 Å². The summed E-state index contributed by atoms with van der Waals surface area (Å²) in [4.78, 5) is 0.348. The van der Waals surface area contributed by atoms with Gasteiger partial charge in [0.15, 0.2) is 0 Å². The molecule has 0 aliphatic rings. The number of nitrogens with one attached hydrogen (secondary N) is 2. The molecule has 0 aliphatic carbocycles. The molecule has 0 radical (unpaired) electrons. The van der Waals surface area contributed by atoms with Gasteiger partial charge in [0.1, 0.15) is 0 Å². The van der Waals surface area contributed by atoms with Crippen LogP contribution in [0.4, 0.5) is 0 Å². The summed E-state index contributed by atoms with van der Waals surface area (Å²) >= 11 is 0. The molecule has 0 fully saturated rings. The first-order valence-corrected chi connectivity index (χ1v) is 7.57. The van der Waals surface area contributed by atoms with Gasteiger partial charge < -0.3 is 5.32 Å². The van der Waals surface area contributed by atoms with Crippen LogP contribution in [0.1, 0.15) is 32.8 Å². The van der Waals surface area contributed by atoms with E-state index in [1.807, 2.05) is 32.9 Å². The highest BCUT2D eigenvalue weighted by Gasteiger charge is 2.25. The predicted octanol–water partition coefficient (Wildman–Crippen LogP) is 1.87. The molecule has 0 atom stereocenters. The molecule has 102 valence electrons. The summed E-state index contributed by atoms with van der Waals surface area (Å²) in [6, 6.07) is 7.05. The summed E-state index contributed by atoms with van der Waals surface area (Å²) in [7, 11) is -1.67. The Morgan fingerprint density at radius 2 is 1.83 bits per heavy atom. The van der Waals surface area contributed by atoms with Crippen molar-refractivity contribution in [3.05, 3.63) is 29.8 Å². The minimum Gasteiger partial charge on any atom is -0.316 e. The monoisotopic (exact) mass is 270 g/mol. The molecule has 0 saturated carbocycles. The number of hydrogen-bond donors (Lipinski definition) is 2. The number of hydrogen-bond acceptors (Lipinski definition) is 3. The van der Waals surface area contributed by atoms with Crippen LogP contribution in [-0.4, -0.2) is 21.0 Å². The molecule has 1 aromatic rings. The summed E-state index contributed by atoms with van der Waals surface area (Å²) in [5.41, 5.74) is 0.338. The van der Waals surface area contributed by atoms with Crippen LogP contribution in [0.5, 0.6) is 0 Å². The topological polar surface area (TPSA) is 58.2 Å². The maximum Gasteiger partial charge on any atom is 0.241 e. The smallest absolute Gasteiger partial charge is 0.241 e. The molecule has 0 bridgehead atoms. The summed E-state index contributed by atoms with van der Waals surface area (Å²) in [5.74, 6) is 0. The summed E-state index contributed by atoms with van der Waals surface area (Å²) in [6.07, 6.45) is 0.737. The number of rotatable bonds is 6. The lowest BCUT2D eigenvalue weighted by molar-refractivity contribution is 0.439. The first kappa shape index (κ1) is 15.1. The van der Waals surface area contributed by atoms with E-state index in [1.54, 1.807) is 19.2 Å². The number of benzene rings is 1. The molecule has 0 spiro atoms. The van der Waals surface area contributed by atoms with Gasteiger partial charge >= 0.3 is 0 Å². The highest BCUT2D eigenvalue weighted by molar-refractivity contribution is 7.89. The van der Waals surface area contributed by atoms with Gasteiger partial charge in [-0.2, -0.15) is 0 Å². The van der Waals surface area contributed by atoms with E-state index in [9.17, 15) is 8.42 Å². The van der Waals surface area contributed by atoms with E-state index in [-0.39, 0.29) is 0 Å². The molecule has 0 saturated heterocycles. The largest absolute Gasteiger partial charge is 0.316 e. The fourth-order valence-corrected chi connectivity index (χ4v) is 3.32. The van der Waals surface area contributed by atoms with Crippen molar-refractivity contribution in [1.29, 1.82) is 0 Å². The highest BCUT2D eigenvalue weighted by Crippen LogP contribution is 2.19. The molecule has 1 aromatic carbocycles. The van der Waals surface area contributed by atoms with E-state index >= 15 is 0 Å². The van der Waals surface area contributed by atoms with E-state index < -0.39 is 15.6 Å². The van der Waals surface area contributed by atoms with E-state index in [4.69, 9.17) is 0 Å². The van der Waals surface area contributed by atoms with Gasteiger partial charge in [0.05, 0.1) is 4.90 Å². The third-order valence-electron chi connectivity index (χ3n) is 2.92. The maximum absolute atomic E-state index is 12.4. The van der Waals surface area contributed by atoms with Gasteiger partial charge in [-0.3, -0.25) is 0 Å². The average molecular weight is 270 g/mol. The Morgan fingerprint density at radius 3 is 2.39 bits per heavy atom. The average Bonchev–Trinajstić information content (AvgIpc) is 2.29. The molecule has 5 heteroatoms. The van der Waals surface area contributed by atoms with E-state index in [0.29, 0.717) is 11.4 Å². The van der Waals surface area contributed by atoms with Crippen LogP contribution in [0.2, 0.25) is 0 Å². The Labute approximate surface area is 110 Å². The molecule has 0 aliphatic heterocycles. The molecular formula is C13H22N2O2S. The molecule has 1 rings (SSSR count). The molecule has 0 heterocycles. The first-order chi connectivity index (χ1) is 8.32. The van der Waals surface area contributed by atoms with Crippen LogP contribution in [-0.2, 0) is 16.6 Å². The van der Waals surface area contributed by atoms with Gasteiger partial charge in [-0.15, -0.1) is 0 Å². The Bertz CT molecular complexity index is 495. The van der Waals surface area contributed by atoms with Crippen molar-refractivity contribution in [1.82, 2.24) is 10.0 Å². The second-order valence-corrected chi connectivity index (χ2v) is 6.63. The predicted molar refractivity (Wildman–Crippen MR) is 73.9 cm³/mol. The molecule has 18 heavy (non-hydrogen) atoms. The normalized spacial score (nSPS) is 12.7. The Morgan fingerprint density at radius 1 is 1.22 bits per heavy atom. The van der Waals surface area contributed by atoms with E-state index in [0.717, 1.165) is 12.0 Å². The van der Waals surface area contributed by atoms with Gasteiger partial charge in [0.2, 0.25) is 10.0 Å². The van der Waals surface area contributed by atoms with Crippen molar-refractivity contribution >= 4 is 10.0 Å². The molecular weight excluding hydrogens is 248 g/mol. The molecule has 0 unspecified atom stereocenters. The van der Waals surface area contributed by atoms with Crippen LogP contribution in [0, 0.1) is 0 Å². The Kier molecular flexibility index (Phi) is 4.90. The van der Waals surface area contributed by atoms with Crippen molar-refractivity contribution in [2.45, 2.75) is 44.2 Å². The summed E-state index contributed by atoms with van der Waals surface area (Å²) < 4.78 is 27.5. The van der Waals surface area contributed by atoms with Crippen LogP contribution in [0.15, 0.2) is 29.2 Å². The second-order valence-electron chi connectivity index (χ2n) is 4.98. The Hall–Kier alpha value is -0.910. The van der Waals surface area contributed by atoms with Crippen molar-refractivity contribution in [3.8, 4) is 0 Å². The minimum atomic E-state index is -3.47.